The molecule has 80 valence electrons. The highest BCUT2D eigenvalue weighted by Gasteiger charge is 2.10. The SMILES string of the molecule is CC(=Cc1ccc2c(c1)OCCO2)CO. The van der Waals surface area contributed by atoms with Crippen molar-refractivity contribution in [2.45, 2.75) is 6.92 Å². The van der Waals surface area contributed by atoms with Gasteiger partial charge in [0.2, 0.25) is 0 Å². The monoisotopic (exact) mass is 206 g/mol. The molecule has 0 fully saturated rings. The highest BCUT2D eigenvalue weighted by Crippen LogP contribution is 2.31. The zero-order valence-electron chi connectivity index (χ0n) is 8.69. The van der Waals surface area contributed by atoms with Crippen LogP contribution in [0.25, 0.3) is 6.08 Å². The number of rotatable bonds is 2. The summed E-state index contributed by atoms with van der Waals surface area (Å²) >= 11 is 0. The summed E-state index contributed by atoms with van der Waals surface area (Å²) in [7, 11) is 0. The summed E-state index contributed by atoms with van der Waals surface area (Å²) in [4.78, 5) is 0. The predicted molar refractivity (Wildman–Crippen MR) is 58.2 cm³/mol. The first-order valence-corrected chi connectivity index (χ1v) is 4.97. The van der Waals surface area contributed by atoms with Crippen molar-refractivity contribution in [1.29, 1.82) is 0 Å². The van der Waals surface area contributed by atoms with Crippen molar-refractivity contribution in [2.75, 3.05) is 19.8 Å². The van der Waals surface area contributed by atoms with Crippen molar-refractivity contribution in [3.63, 3.8) is 0 Å². The van der Waals surface area contributed by atoms with Crippen molar-refractivity contribution in [3.05, 3.63) is 29.3 Å². The molecule has 0 unspecified atom stereocenters. The van der Waals surface area contributed by atoms with Crippen LogP contribution in [0.5, 0.6) is 11.5 Å². The Hall–Kier alpha value is -1.48. The van der Waals surface area contributed by atoms with E-state index in [1.807, 2.05) is 31.2 Å². The molecular weight excluding hydrogens is 192 g/mol. The Labute approximate surface area is 88.9 Å². The minimum absolute atomic E-state index is 0.0778. The Morgan fingerprint density at radius 3 is 2.80 bits per heavy atom. The summed E-state index contributed by atoms with van der Waals surface area (Å²) in [6.45, 7) is 3.17. The molecule has 0 amide bonds. The molecule has 0 radical (unpaired) electrons. The zero-order chi connectivity index (χ0) is 10.7. The number of fused-ring (bicyclic) bond motifs is 1. The van der Waals surface area contributed by atoms with Gasteiger partial charge in [0.05, 0.1) is 6.61 Å². The molecular formula is C12H14O3. The van der Waals surface area contributed by atoms with E-state index in [1.165, 1.54) is 0 Å². The molecule has 0 atom stereocenters. The maximum atomic E-state index is 8.91. The molecule has 1 aliphatic rings. The molecule has 1 N–H and O–H groups in total. The topological polar surface area (TPSA) is 38.7 Å². The molecule has 1 aromatic rings. The summed E-state index contributed by atoms with van der Waals surface area (Å²) in [6.07, 6.45) is 1.93. The van der Waals surface area contributed by atoms with Gasteiger partial charge < -0.3 is 14.6 Å². The Morgan fingerprint density at radius 1 is 1.33 bits per heavy atom. The minimum Gasteiger partial charge on any atom is -0.486 e. The van der Waals surface area contributed by atoms with Crippen LogP contribution in [0.1, 0.15) is 12.5 Å². The Balaban J connectivity index is 2.28. The standard InChI is InChI=1S/C12H14O3/c1-9(8-13)6-10-2-3-11-12(7-10)15-5-4-14-11/h2-3,6-7,13H,4-5,8H2,1H3. The third-order valence-corrected chi connectivity index (χ3v) is 2.23. The van der Waals surface area contributed by atoms with Crippen LogP contribution >= 0.6 is 0 Å². The van der Waals surface area contributed by atoms with Crippen LogP contribution in [-0.4, -0.2) is 24.9 Å². The molecule has 0 saturated carbocycles. The lowest BCUT2D eigenvalue weighted by Crippen LogP contribution is -2.15. The molecule has 1 aromatic carbocycles. The van der Waals surface area contributed by atoms with Crippen molar-refractivity contribution in [3.8, 4) is 11.5 Å². The first kappa shape index (κ1) is 10.1. The van der Waals surface area contributed by atoms with Gasteiger partial charge in [-0.2, -0.15) is 0 Å². The van der Waals surface area contributed by atoms with Gasteiger partial charge in [0, 0.05) is 0 Å². The quantitative estimate of drug-likeness (QED) is 0.802. The molecule has 3 heteroatoms. The first-order chi connectivity index (χ1) is 7.29. The highest BCUT2D eigenvalue weighted by atomic mass is 16.6. The number of hydrogen-bond acceptors (Lipinski definition) is 3. The first-order valence-electron chi connectivity index (χ1n) is 4.97. The number of aliphatic hydroxyl groups is 1. The largest absolute Gasteiger partial charge is 0.486 e. The van der Waals surface area contributed by atoms with E-state index in [-0.39, 0.29) is 6.61 Å². The van der Waals surface area contributed by atoms with Crippen molar-refractivity contribution in [2.24, 2.45) is 0 Å². The molecule has 1 heterocycles. The summed E-state index contributed by atoms with van der Waals surface area (Å²) < 4.78 is 10.9. The molecule has 0 bridgehead atoms. The van der Waals surface area contributed by atoms with Crippen molar-refractivity contribution in [1.82, 2.24) is 0 Å². The molecule has 3 nitrogen and oxygen atoms in total. The van der Waals surface area contributed by atoms with Gasteiger partial charge in [0.15, 0.2) is 11.5 Å². The predicted octanol–water partition coefficient (Wildman–Crippen LogP) is 1.85. The van der Waals surface area contributed by atoms with Gasteiger partial charge in [-0.15, -0.1) is 0 Å². The van der Waals surface area contributed by atoms with E-state index in [0.29, 0.717) is 13.2 Å². The van der Waals surface area contributed by atoms with E-state index < -0.39 is 0 Å². The van der Waals surface area contributed by atoms with Crippen molar-refractivity contribution < 1.29 is 14.6 Å². The molecule has 0 spiro atoms. The average molecular weight is 206 g/mol. The average Bonchev–Trinajstić information content (AvgIpc) is 2.29. The third-order valence-electron chi connectivity index (χ3n) is 2.23. The normalized spacial score (nSPS) is 15.2. The lowest BCUT2D eigenvalue weighted by atomic mass is 10.1. The van der Waals surface area contributed by atoms with Crippen LogP contribution in [0.15, 0.2) is 23.8 Å². The number of hydrogen-bond donors (Lipinski definition) is 1. The molecule has 0 aromatic heterocycles. The van der Waals surface area contributed by atoms with Crippen molar-refractivity contribution >= 4 is 6.08 Å². The molecule has 15 heavy (non-hydrogen) atoms. The number of benzene rings is 1. The summed E-state index contributed by atoms with van der Waals surface area (Å²) in [5.41, 5.74) is 1.94. The summed E-state index contributed by atoms with van der Waals surface area (Å²) in [5.74, 6) is 1.57. The van der Waals surface area contributed by atoms with Crippen LogP contribution < -0.4 is 9.47 Å². The van der Waals surface area contributed by atoms with Gasteiger partial charge in [-0.25, -0.2) is 0 Å². The second-order valence-electron chi connectivity index (χ2n) is 3.55. The van der Waals surface area contributed by atoms with E-state index >= 15 is 0 Å². The second kappa shape index (κ2) is 4.36. The molecule has 0 aliphatic carbocycles. The maximum Gasteiger partial charge on any atom is 0.161 e. The summed E-state index contributed by atoms with van der Waals surface area (Å²) in [5, 5.41) is 8.91. The van der Waals surface area contributed by atoms with Gasteiger partial charge in [-0.05, 0) is 30.2 Å². The van der Waals surface area contributed by atoms with Gasteiger partial charge in [0.1, 0.15) is 13.2 Å². The Bertz CT molecular complexity index is 382. The fourth-order valence-corrected chi connectivity index (χ4v) is 1.48. The van der Waals surface area contributed by atoms with Gasteiger partial charge >= 0.3 is 0 Å². The van der Waals surface area contributed by atoms with Crippen LogP contribution in [-0.2, 0) is 0 Å². The molecule has 1 aliphatic heterocycles. The lowest BCUT2D eigenvalue weighted by molar-refractivity contribution is 0.171. The summed E-state index contributed by atoms with van der Waals surface area (Å²) in [6, 6.07) is 5.77. The van der Waals surface area contributed by atoms with E-state index in [2.05, 4.69) is 0 Å². The number of aliphatic hydroxyl groups excluding tert-OH is 1. The lowest BCUT2D eigenvalue weighted by Gasteiger charge is -2.18. The third kappa shape index (κ3) is 2.30. The van der Waals surface area contributed by atoms with Gasteiger partial charge in [-0.1, -0.05) is 12.1 Å². The van der Waals surface area contributed by atoms with Crippen LogP contribution in [0.4, 0.5) is 0 Å². The van der Waals surface area contributed by atoms with Gasteiger partial charge in [-0.3, -0.25) is 0 Å². The fraction of sp³-hybridized carbons (Fsp3) is 0.333. The van der Waals surface area contributed by atoms with Crippen LogP contribution in [0.2, 0.25) is 0 Å². The number of ether oxygens (including phenoxy) is 2. The smallest absolute Gasteiger partial charge is 0.161 e. The highest BCUT2D eigenvalue weighted by molar-refractivity contribution is 5.58. The Kier molecular flexibility index (Phi) is 2.92. The van der Waals surface area contributed by atoms with E-state index in [4.69, 9.17) is 14.6 Å². The second-order valence-corrected chi connectivity index (χ2v) is 3.55. The van der Waals surface area contributed by atoms with Crippen LogP contribution in [0, 0.1) is 0 Å². The van der Waals surface area contributed by atoms with E-state index in [1.54, 1.807) is 0 Å². The maximum absolute atomic E-state index is 8.91. The molecule has 0 saturated heterocycles. The van der Waals surface area contributed by atoms with E-state index in [9.17, 15) is 0 Å². The van der Waals surface area contributed by atoms with Gasteiger partial charge in [0.25, 0.3) is 0 Å². The Morgan fingerprint density at radius 2 is 2.07 bits per heavy atom. The minimum atomic E-state index is 0.0778. The van der Waals surface area contributed by atoms with E-state index in [0.717, 1.165) is 22.6 Å². The zero-order valence-corrected chi connectivity index (χ0v) is 8.69. The van der Waals surface area contributed by atoms with Crippen LogP contribution in [0.3, 0.4) is 0 Å². The molecule has 2 rings (SSSR count). The fourth-order valence-electron chi connectivity index (χ4n) is 1.48.